The molecule has 3 aliphatic heterocycles. The molecule has 11 atom stereocenters. The minimum atomic E-state index is -1.48. The lowest BCUT2D eigenvalue weighted by Gasteiger charge is -2.32. The molecular formula is C38H64N2O9. The van der Waals surface area contributed by atoms with Crippen LogP contribution in [0.4, 0.5) is 4.79 Å². The first-order valence-corrected chi connectivity index (χ1v) is 18.4. The van der Waals surface area contributed by atoms with Gasteiger partial charge in [0, 0.05) is 31.4 Å². The SMILES string of the molecule is CCC(OC)C(C)C1OC1C(O)C(C)/C=C/C=C(\C)C1OC(=O)CC(O)CCC(C)(O)C(OC(=O)NCCCN2CCCCC2)/C=C/C1C. The largest absolute Gasteiger partial charge is 0.457 e. The monoisotopic (exact) mass is 692 g/mol. The number of esters is 1. The fourth-order valence-corrected chi connectivity index (χ4v) is 6.97. The quantitative estimate of drug-likeness (QED) is 0.0664. The third kappa shape index (κ3) is 13.1. The Morgan fingerprint density at radius 1 is 1.20 bits per heavy atom. The number of ether oxygens (including phenoxy) is 4. The molecule has 11 heteroatoms. The number of carbonyl (C=O) groups is 2. The number of nitrogens with zero attached hydrogens (tertiary/aromatic N) is 1. The van der Waals surface area contributed by atoms with Gasteiger partial charge in [0.15, 0.2) is 6.10 Å². The van der Waals surface area contributed by atoms with Gasteiger partial charge >= 0.3 is 12.1 Å². The van der Waals surface area contributed by atoms with Crippen LogP contribution in [0.25, 0.3) is 0 Å². The number of alkyl carbamates (subject to hydrolysis) is 1. The predicted molar refractivity (Wildman–Crippen MR) is 189 cm³/mol. The van der Waals surface area contributed by atoms with Crippen LogP contribution in [0, 0.1) is 17.8 Å². The highest BCUT2D eigenvalue weighted by atomic mass is 16.6. The molecule has 4 N–H and O–H groups in total. The van der Waals surface area contributed by atoms with Crippen LogP contribution in [0.2, 0.25) is 0 Å². The van der Waals surface area contributed by atoms with Crippen molar-refractivity contribution >= 4 is 12.1 Å². The number of amides is 1. The number of hydrogen-bond donors (Lipinski definition) is 4. The van der Waals surface area contributed by atoms with Gasteiger partial charge in [0.1, 0.15) is 17.8 Å². The van der Waals surface area contributed by atoms with Gasteiger partial charge in [-0.1, -0.05) is 58.4 Å². The molecule has 0 bridgehead atoms. The third-order valence-corrected chi connectivity index (χ3v) is 10.4. The maximum atomic E-state index is 12.8. The second-order valence-electron chi connectivity index (χ2n) is 14.7. The second-order valence-corrected chi connectivity index (χ2v) is 14.7. The van der Waals surface area contributed by atoms with Gasteiger partial charge in [0.25, 0.3) is 0 Å². The molecule has 2 fully saturated rings. The van der Waals surface area contributed by atoms with E-state index in [1.165, 1.54) is 19.3 Å². The molecule has 11 unspecified atom stereocenters. The van der Waals surface area contributed by atoms with E-state index >= 15 is 0 Å². The summed E-state index contributed by atoms with van der Waals surface area (Å²) in [5.41, 5.74) is -0.722. The molecule has 0 radical (unpaired) electrons. The summed E-state index contributed by atoms with van der Waals surface area (Å²) in [5, 5.41) is 35.7. The van der Waals surface area contributed by atoms with Crippen molar-refractivity contribution < 1.29 is 43.9 Å². The summed E-state index contributed by atoms with van der Waals surface area (Å²) in [7, 11) is 1.70. The Balaban J connectivity index is 1.65. The number of nitrogens with one attached hydrogen (secondary N) is 1. The van der Waals surface area contributed by atoms with Crippen LogP contribution in [0.3, 0.4) is 0 Å². The maximum Gasteiger partial charge on any atom is 0.407 e. The molecule has 0 aromatic rings. The first-order valence-electron chi connectivity index (χ1n) is 18.4. The van der Waals surface area contributed by atoms with E-state index in [2.05, 4.69) is 24.1 Å². The van der Waals surface area contributed by atoms with Crippen LogP contribution in [-0.2, 0) is 23.7 Å². The Morgan fingerprint density at radius 3 is 2.59 bits per heavy atom. The molecule has 0 saturated carbocycles. The second kappa shape index (κ2) is 19.9. The number of epoxide rings is 1. The van der Waals surface area contributed by atoms with E-state index < -0.39 is 42.1 Å². The minimum Gasteiger partial charge on any atom is -0.457 e. The van der Waals surface area contributed by atoms with Crippen molar-refractivity contribution in [2.75, 3.05) is 33.3 Å². The Bertz CT molecular complexity index is 1110. The summed E-state index contributed by atoms with van der Waals surface area (Å²) in [6.07, 6.45) is 10.2. The van der Waals surface area contributed by atoms with Gasteiger partial charge in [0.05, 0.1) is 30.8 Å². The van der Waals surface area contributed by atoms with E-state index in [1.807, 2.05) is 39.0 Å². The Kier molecular flexibility index (Phi) is 16.7. The molecule has 11 nitrogen and oxygen atoms in total. The molecule has 3 heterocycles. The Hall–Kier alpha value is -2.28. The number of methoxy groups -OCH3 is 1. The average Bonchev–Trinajstić information content (AvgIpc) is 3.87. The molecule has 0 aliphatic carbocycles. The number of rotatable bonds is 14. The van der Waals surface area contributed by atoms with Crippen molar-refractivity contribution in [1.82, 2.24) is 10.2 Å². The molecule has 3 rings (SSSR count). The zero-order valence-electron chi connectivity index (χ0n) is 30.9. The van der Waals surface area contributed by atoms with Crippen LogP contribution in [0.1, 0.15) is 92.9 Å². The average molecular weight is 693 g/mol. The summed E-state index contributed by atoms with van der Waals surface area (Å²) in [5.74, 6) is -0.898. The number of aliphatic hydroxyl groups is 3. The predicted octanol–water partition coefficient (Wildman–Crippen LogP) is 4.69. The summed E-state index contributed by atoms with van der Waals surface area (Å²) >= 11 is 0. The molecular weight excluding hydrogens is 628 g/mol. The van der Waals surface area contributed by atoms with Crippen molar-refractivity contribution in [1.29, 1.82) is 0 Å². The lowest BCUT2D eigenvalue weighted by atomic mass is 9.88. The van der Waals surface area contributed by atoms with Gasteiger partial charge in [-0.2, -0.15) is 0 Å². The molecule has 1 amide bonds. The van der Waals surface area contributed by atoms with E-state index in [0.717, 1.165) is 38.0 Å². The van der Waals surface area contributed by atoms with Gasteiger partial charge in [-0.05, 0) is 83.7 Å². The van der Waals surface area contributed by atoms with Gasteiger partial charge < -0.3 is 44.5 Å². The van der Waals surface area contributed by atoms with E-state index in [9.17, 15) is 24.9 Å². The highest BCUT2D eigenvalue weighted by Gasteiger charge is 2.50. The van der Waals surface area contributed by atoms with Gasteiger partial charge in [0.2, 0.25) is 0 Å². The van der Waals surface area contributed by atoms with Crippen molar-refractivity contribution in [3.63, 3.8) is 0 Å². The summed E-state index contributed by atoms with van der Waals surface area (Å²) in [6, 6.07) is 0. The number of allylic oxidation sites excluding steroid dienone is 2. The molecule has 3 aliphatic rings. The zero-order chi connectivity index (χ0) is 36.1. The number of aliphatic hydroxyl groups excluding tert-OH is 2. The summed E-state index contributed by atoms with van der Waals surface area (Å²) in [6.45, 7) is 15.0. The standard InChI is InChI=1S/C38H64N2O9/c1-8-30(46-7)28(5)35-36(49-35)33(43)25(2)14-12-15-26(3)34-27(4)16-17-31(38(6,45)19-18-29(41)24-32(42)48-34)47-37(44)39-20-13-23-40-21-10-9-11-22-40/h12,14-17,25,27-31,33-36,41,43,45H,8-11,13,18-24H2,1-7H3,(H,39,44)/b14-12+,17-16+,26-15+. The lowest BCUT2D eigenvalue weighted by Crippen LogP contribution is -2.44. The van der Waals surface area contributed by atoms with Crippen LogP contribution in [-0.4, -0.2) is 114 Å². The maximum absolute atomic E-state index is 12.8. The zero-order valence-corrected chi connectivity index (χ0v) is 30.9. The number of hydrogen-bond acceptors (Lipinski definition) is 10. The van der Waals surface area contributed by atoms with Crippen LogP contribution >= 0.6 is 0 Å². The number of likely N-dealkylation sites (tertiary alicyclic amines) is 1. The first-order chi connectivity index (χ1) is 23.3. The van der Waals surface area contributed by atoms with Crippen molar-refractivity contribution in [3.8, 4) is 0 Å². The summed E-state index contributed by atoms with van der Waals surface area (Å²) in [4.78, 5) is 28.1. The number of cyclic esters (lactones) is 1. The smallest absolute Gasteiger partial charge is 0.407 e. The van der Waals surface area contributed by atoms with Crippen molar-refractivity contribution in [2.45, 2.75) is 141 Å². The molecule has 49 heavy (non-hydrogen) atoms. The normalized spacial score (nSPS) is 33.8. The lowest BCUT2D eigenvalue weighted by molar-refractivity contribution is -0.151. The number of piperidine rings is 1. The topological polar surface area (TPSA) is 150 Å². The summed E-state index contributed by atoms with van der Waals surface area (Å²) < 4.78 is 23.0. The van der Waals surface area contributed by atoms with E-state index in [-0.39, 0.29) is 55.3 Å². The van der Waals surface area contributed by atoms with E-state index in [0.29, 0.717) is 6.54 Å². The molecule has 0 aromatic heterocycles. The first kappa shape index (κ1) is 41.1. The van der Waals surface area contributed by atoms with E-state index in [4.69, 9.17) is 18.9 Å². The highest BCUT2D eigenvalue weighted by molar-refractivity contribution is 5.70. The molecule has 0 spiro atoms. The van der Waals surface area contributed by atoms with Crippen molar-refractivity contribution in [2.24, 2.45) is 17.8 Å². The van der Waals surface area contributed by atoms with Gasteiger partial charge in [-0.15, -0.1) is 0 Å². The Labute approximate surface area is 294 Å². The molecule has 2 saturated heterocycles. The van der Waals surface area contributed by atoms with Crippen LogP contribution in [0.15, 0.2) is 36.0 Å². The fraction of sp³-hybridized carbons (Fsp3) is 0.789. The molecule has 280 valence electrons. The third-order valence-electron chi connectivity index (χ3n) is 10.4. The fourth-order valence-electron chi connectivity index (χ4n) is 6.97. The highest BCUT2D eigenvalue weighted by Crippen LogP contribution is 2.37. The van der Waals surface area contributed by atoms with Crippen molar-refractivity contribution in [3.05, 3.63) is 36.0 Å². The van der Waals surface area contributed by atoms with Gasteiger partial charge in [-0.3, -0.25) is 4.79 Å². The molecule has 0 aromatic carbocycles. The number of carbonyl (C=O) groups excluding carboxylic acids is 2. The van der Waals surface area contributed by atoms with E-state index in [1.54, 1.807) is 26.2 Å². The van der Waals surface area contributed by atoms with Crippen LogP contribution < -0.4 is 5.32 Å². The van der Waals surface area contributed by atoms with Crippen LogP contribution in [0.5, 0.6) is 0 Å². The Morgan fingerprint density at radius 2 is 1.92 bits per heavy atom. The van der Waals surface area contributed by atoms with Gasteiger partial charge in [-0.25, -0.2) is 4.79 Å². The minimum absolute atomic E-state index is 0.0456.